The van der Waals surface area contributed by atoms with Gasteiger partial charge in [-0.3, -0.25) is 9.59 Å². The summed E-state index contributed by atoms with van der Waals surface area (Å²) in [5, 5.41) is 7.18. The van der Waals surface area contributed by atoms with Gasteiger partial charge in [0.2, 0.25) is 11.8 Å². The monoisotopic (exact) mass is 422 g/mol. The van der Waals surface area contributed by atoms with Crippen molar-refractivity contribution in [2.75, 3.05) is 0 Å². The third kappa shape index (κ3) is 7.82. The van der Waals surface area contributed by atoms with Crippen LogP contribution in [0.15, 0.2) is 46.6 Å². The summed E-state index contributed by atoms with van der Waals surface area (Å²) in [4.78, 5) is 23.3. The molecule has 0 aliphatic carbocycles. The summed E-state index contributed by atoms with van der Waals surface area (Å²) in [5.41, 5.74) is 4.46. The Balaban J connectivity index is 1.63. The molecule has 158 valence electrons. The van der Waals surface area contributed by atoms with Crippen LogP contribution in [0.25, 0.3) is 0 Å². The zero-order valence-corrected chi connectivity index (χ0v) is 15.7. The van der Waals surface area contributed by atoms with Crippen LogP contribution in [-0.2, 0) is 9.59 Å². The molecule has 10 heteroatoms. The molecule has 2 rings (SSSR count). The van der Waals surface area contributed by atoms with Gasteiger partial charge in [0.1, 0.15) is 23.3 Å². The second-order valence-corrected chi connectivity index (χ2v) is 6.13. The van der Waals surface area contributed by atoms with Gasteiger partial charge in [-0.15, -0.1) is 0 Å². The van der Waals surface area contributed by atoms with Crippen LogP contribution in [0.2, 0.25) is 0 Å². The minimum Gasteiger partial charge on any atom is -0.273 e. The van der Waals surface area contributed by atoms with Crippen LogP contribution in [-0.4, -0.2) is 24.2 Å². The van der Waals surface area contributed by atoms with Crippen molar-refractivity contribution in [3.05, 3.63) is 70.8 Å². The fourth-order valence-electron chi connectivity index (χ4n) is 2.24. The average molecular weight is 422 g/mol. The smallest absolute Gasteiger partial charge is 0.240 e. The molecule has 0 aromatic heterocycles. The maximum atomic E-state index is 13.4. The van der Waals surface area contributed by atoms with Gasteiger partial charge in [-0.1, -0.05) is 0 Å². The van der Waals surface area contributed by atoms with Crippen LogP contribution in [0.3, 0.4) is 0 Å². The summed E-state index contributed by atoms with van der Waals surface area (Å²) in [7, 11) is 0. The van der Waals surface area contributed by atoms with Gasteiger partial charge in [0.15, 0.2) is 0 Å². The van der Waals surface area contributed by atoms with Crippen LogP contribution < -0.4 is 10.9 Å². The van der Waals surface area contributed by atoms with E-state index in [9.17, 15) is 27.2 Å². The van der Waals surface area contributed by atoms with E-state index in [1.807, 2.05) is 0 Å². The summed E-state index contributed by atoms with van der Waals surface area (Å²) >= 11 is 0. The van der Waals surface area contributed by atoms with Crippen LogP contribution in [0, 0.1) is 23.3 Å². The highest BCUT2D eigenvalue weighted by atomic mass is 19.1. The Bertz CT molecular complexity index is 886. The Morgan fingerprint density at radius 3 is 1.50 bits per heavy atom. The number of halogens is 4. The molecular formula is C20H18F4N4O2. The zero-order chi connectivity index (χ0) is 21.9. The Morgan fingerprint density at radius 1 is 0.733 bits per heavy atom. The first-order valence-corrected chi connectivity index (χ1v) is 8.89. The van der Waals surface area contributed by atoms with Crippen molar-refractivity contribution in [1.82, 2.24) is 10.9 Å². The number of amides is 2. The average Bonchev–Trinajstić information content (AvgIpc) is 2.68. The number of nitrogens with one attached hydrogen (secondary N) is 2. The van der Waals surface area contributed by atoms with E-state index < -0.39 is 35.1 Å². The van der Waals surface area contributed by atoms with E-state index in [-0.39, 0.29) is 24.0 Å². The molecule has 6 nitrogen and oxygen atoms in total. The fourth-order valence-corrected chi connectivity index (χ4v) is 2.24. The first-order chi connectivity index (χ1) is 14.3. The molecular weight excluding hydrogens is 404 g/mol. The van der Waals surface area contributed by atoms with E-state index >= 15 is 0 Å². The van der Waals surface area contributed by atoms with Crippen molar-refractivity contribution in [2.24, 2.45) is 10.2 Å². The number of rotatable bonds is 9. The number of hydrogen-bond donors (Lipinski definition) is 2. The normalized spacial score (nSPS) is 11.2. The lowest BCUT2D eigenvalue weighted by atomic mass is 10.2. The van der Waals surface area contributed by atoms with Gasteiger partial charge in [-0.05, 0) is 37.1 Å². The van der Waals surface area contributed by atoms with Crippen molar-refractivity contribution in [3.8, 4) is 0 Å². The highest BCUT2D eigenvalue weighted by Crippen LogP contribution is 2.08. The van der Waals surface area contributed by atoms with Crippen molar-refractivity contribution >= 4 is 24.2 Å². The van der Waals surface area contributed by atoms with Crippen molar-refractivity contribution < 1.29 is 27.2 Å². The number of hydrazone groups is 2. The summed E-state index contributed by atoms with van der Waals surface area (Å²) in [5.74, 6) is -3.90. The predicted molar refractivity (Wildman–Crippen MR) is 103 cm³/mol. The molecule has 0 radical (unpaired) electrons. The molecule has 2 aromatic carbocycles. The third-order valence-corrected chi connectivity index (χ3v) is 3.77. The van der Waals surface area contributed by atoms with Crippen LogP contribution in [0.5, 0.6) is 0 Å². The van der Waals surface area contributed by atoms with Crippen molar-refractivity contribution in [3.63, 3.8) is 0 Å². The second kappa shape index (κ2) is 11.4. The second-order valence-electron chi connectivity index (χ2n) is 6.13. The van der Waals surface area contributed by atoms with Crippen LogP contribution in [0.4, 0.5) is 17.6 Å². The zero-order valence-electron chi connectivity index (χ0n) is 15.7. The van der Waals surface area contributed by atoms with Crippen LogP contribution in [0.1, 0.15) is 36.8 Å². The van der Waals surface area contributed by atoms with Gasteiger partial charge < -0.3 is 0 Å². The van der Waals surface area contributed by atoms with Crippen LogP contribution >= 0.6 is 0 Å². The molecule has 0 spiro atoms. The molecule has 0 fully saturated rings. The third-order valence-electron chi connectivity index (χ3n) is 3.77. The molecule has 0 bridgehead atoms. The van der Waals surface area contributed by atoms with Gasteiger partial charge in [-0.25, -0.2) is 28.4 Å². The highest BCUT2D eigenvalue weighted by molar-refractivity contribution is 5.83. The molecule has 0 unspecified atom stereocenters. The highest BCUT2D eigenvalue weighted by Gasteiger charge is 2.05. The lowest BCUT2D eigenvalue weighted by Gasteiger charge is -2.01. The maximum absolute atomic E-state index is 13.4. The molecule has 2 amide bonds. The minimum atomic E-state index is -0.802. The SMILES string of the molecule is O=C(CCCCC(=O)N/N=C/c1ccc(F)cc1F)N/N=C/c1ccc(F)cc1F. The van der Waals surface area contributed by atoms with Gasteiger partial charge in [0.05, 0.1) is 12.4 Å². The number of hydrogen-bond acceptors (Lipinski definition) is 4. The lowest BCUT2D eigenvalue weighted by molar-refractivity contribution is -0.123. The first-order valence-electron chi connectivity index (χ1n) is 8.89. The summed E-state index contributed by atoms with van der Waals surface area (Å²) < 4.78 is 52.4. The predicted octanol–water partition coefficient (Wildman–Crippen LogP) is 3.40. The van der Waals surface area contributed by atoms with Gasteiger partial charge in [0.25, 0.3) is 0 Å². The summed E-state index contributed by atoms with van der Waals surface area (Å²) in [6.07, 6.45) is 3.05. The van der Waals surface area contributed by atoms with Gasteiger partial charge in [-0.2, -0.15) is 10.2 Å². The fraction of sp³-hybridized carbons (Fsp3) is 0.200. The Morgan fingerprint density at radius 2 is 1.13 bits per heavy atom. The molecule has 0 atom stereocenters. The standard InChI is InChI=1S/C20H18F4N4O2/c21-15-7-5-13(17(23)9-15)11-25-27-19(29)3-1-2-4-20(30)28-26-12-14-6-8-16(22)10-18(14)24/h5-12H,1-4H2,(H,27,29)(H,28,30)/b25-11+,26-12+. The van der Waals surface area contributed by atoms with E-state index in [1.165, 1.54) is 12.1 Å². The molecule has 2 aromatic rings. The number of nitrogens with zero attached hydrogens (tertiary/aromatic N) is 2. The molecule has 30 heavy (non-hydrogen) atoms. The minimum absolute atomic E-state index is 0.0226. The molecule has 0 aliphatic rings. The van der Waals surface area contributed by atoms with E-state index in [2.05, 4.69) is 21.1 Å². The number of carbonyl (C=O) groups excluding carboxylic acids is 2. The van der Waals surface area contributed by atoms with E-state index in [0.717, 1.165) is 24.6 Å². The molecule has 0 heterocycles. The Labute approximate surface area is 169 Å². The molecule has 0 saturated heterocycles. The van der Waals surface area contributed by atoms with Crippen molar-refractivity contribution in [1.29, 1.82) is 0 Å². The molecule has 0 saturated carbocycles. The quantitative estimate of drug-likeness (QED) is 0.281. The van der Waals surface area contributed by atoms with E-state index in [4.69, 9.17) is 0 Å². The summed E-state index contributed by atoms with van der Waals surface area (Å²) in [6, 6.07) is 5.91. The lowest BCUT2D eigenvalue weighted by Crippen LogP contribution is -2.19. The first kappa shape index (κ1) is 22.7. The van der Waals surface area contributed by atoms with Gasteiger partial charge in [0, 0.05) is 36.1 Å². The Hall–Kier alpha value is -3.56. The summed E-state index contributed by atoms with van der Waals surface area (Å²) in [6.45, 7) is 0. The van der Waals surface area contributed by atoms with Crippen molar-refractivity contribution in [2.45, 2.75) is 25.7 Å². The Kier molecular flexibility index (Phi) is 8.67. The largest absolute Gasteiger partial charge is 0.273 e. The topological polar surface area (TPSA) is 82.9 Å². The van der Waals surface area contributed by atoms with Gasteiger partial charge >= 0.3 is 0 Å². The molecule has 2 N–H and O–H groups in total. The van der Waals surface area contributed by atoms with E-state index in [0.29, 0.717) is 25.0 Å². The number of unbranched alkanes of at least 4 members (excludes halogenated alkanes) is 1. The van der Waals surface area contributed by atoms with E-state index in [1.54, 1.807) is 0 Å². The maximum Gasteiger partial charge on any atom is 0.240 e. The molecule has 0 aliphatic heterocycles. The number of carbonyl (C=O) groups is 2. The number of benzene rings is 2.